The summed E-state index contributed by atoms with van der Waals surface area (Å²) < 4.78 is 46.0. The molecule has 3 atom stereocenters. The number of rotatable bonds is 9. The second kappa shape index (κ2) is 13.6. The van der Waals surface area contributed by atoms with Gasteiger partial charge in [-0.3, -0.25) is 4.98 Å². The van der Waals surface area contributed by atoms with Crippen LogP contribution in [-0.2, 0) is 11.2 Å². The summed E-state index contributed by atoms with van der Waals surface area (Å²) in [4.78, 5) is 4.93. The van der Waals surface area contributed by atoms with Crippen molar-refractivity contribution in [1.82, 2.24) is 4.98 Å². The summed E-state index contributed by atoms with van der Waals surface area (Å²) in [6, 6.07) is 2.16. The summed E-state index contributed by atoms with van der Waals surface area (Å²) >= 11 is 0. The Kier molecular flexibility index (Phi) is 10.1. The first-order chi connectivity index (χ1) is 20.0. The third-order valence-corrected chi connectivity index (χ3v) is 8.54. The summed E-state index contributed by atoms with van der Waals surface area (Å²) in [6.45, 7) is 10.7. The number of aromatic nitrogens is 1. The molecule has 0 spiro atoms. The molecular formula is C36H41F3N2O. The van der Waals surface area contributed by atoms with E-state index in [1.807, 2.05) is 37.4 Å². The quantitative estimate of drug-likeness (QED) is 0.236. The zero-order valence-corrected chi connectivity index (χ0v) is 25.2. The predicted octanol–water partition coefficient (Wildman–Crippen LogP) is 9.91. The number of hydrogen-bond acceptors (Lipinski definition) is 3. The Bertz CT molecular complexity index is 1460. The second-order valence-electron chi connectivity index (χ2n) is 11.7. The third-order valence-electron chi connectivity index (χ3n) is 8.54. The van der Waals surface area contributed by atoms with Crippen LogP contribution in [0.25, 0.3) is 11.1 Å². The highest BCUT2D eigenvalue weighted by Gasteiger charge is 2.31. The molecule has 1 aromatic heterocycles. The number of fused-ring (bicyclic) bond motifs is 1. The molecule has 2 heterocycles. The number of ether oxygens (including phenoxy) is 1. The first-order valence-corrected chi connectivity index (χ1v) is 14.8. The minimum Gasteiger partial charge on any atom is -0.493 e. The van der Waals surface area contributed by atoms with Crippen LogP contribution in [0, 0.1) is 23.2 Å². The summed E-state index contributed by atoms with van der Waals surface area (Å²) in [5, 5.41) is 8.27. The van der Waals surface area contributed by atoms with E-state index in [9.17, 15) is 13.2 Å². The fraction of sp³-hybridized carbons (Fsp3) is 0.417. The van der Waals surface area contributed by atoms with Gasteiger partial charge in [-0.15, -0.1) is 5.73 Å². The summed E-state index contributed by atoms with van der Waals surface area (Å²) in [5.41, 5.74) is 11.8. The zero-order chi connectivity index (χ0) is 30.4. The maximum absolute atomic E-state index is 13.4. The lowest BCUT2D eigenvalue weighted by atomic mass is 9.86. The van der Waals surface area contributed by atoms with Gasteiger partial charge >= 0.3 is 6.18 Å². The summed E-state index contributed by atoms with van der Waals surface area (Å²) in [6.07, 6.45) is 14.5. The van der Waals surface area contributed by atoms with E-state index in [4.69, 9.17) is 15.1 Å². The highest BCUT2D eigenvalue weighted by Crippen LogP contribution is 2.39. The van der Waals surface area contributed by atoms with Gasteiger partial charge in [-0.25, -0.2) is 0 Å². The number of aryl methyl sites for hydroxylation is 1. The van der Waals surface area contributed by atoms with Gasteiger partial charge in [-0.2, -0.15) is 13.2 Å². The zero-order valence-electron chi connectivity index (χ0n) is 25.2. The van der Waals surface area contributed by atoms with Gasteiger partial charge in [0.15, 0.2) is 0 Å². The van der Waals surface area contributed by atoms with Crippen molar-refractivity contribution in [2.75, 3.05) is 6.61 Å². The van der Waals surface area contributed by atoms with Crippen LogP contribution in [0.3, 0.4) is 0 Å². The van der Waals surface area contributed by atoms with Gasteiger partial charge in [-0.1, -0.05) is 44.2 Å². The van der Waals surface area contributed by atoms with Crippen LogP contribution >= 0.6 is 0 Å². The third kappa shape index (κ3) is 7.60. The van der Waals surface area contributed by atoms with Crippen molar-refractivity contribution >= 4 is 17.4 Å². The number of allylic oxidation sites excluding steroid dienone is 12. The monoisotopic (exact) mass is 574 g/mol. The molecule has 222 valence electrons. The van der Waals surface area contributed by atoms with Crippen molar-refractivity contribution in [3.05, 3.63) is 105 Å². The molecule has 1 N–H and O–H groups in total. The number of nitrogens with one attached hydrogen (secondary N) is 1. The van der Waals surface area contributed by atoms with Crippen LogP contribution in [0.1, 0.15) is 77.1 Å². The first-order valence-electron chi connectivity index (χ1n) is 14.8. The van der Waals surface area contributed by atoms with Crippen molar-refractivity contribution in [3.8, 4) is 0 Å². The average molecular weight is 575 g/mol. The van der Waals surface area contributed by atoms with Crippen molar-refractivity contribution in [2.24, 2.45) is 17.8 Å². The smallest absolute Gasteiger partial charge is 0.389 e. The molecule has 0 fully saturated rings. The molecule has 0 saturated heterocycles. The maximum atomic E-state index is 13.4. The molecule has 2 aliphatic carbocycles. The standard InChI is InChI=1S/C36H41F3N2O/c1-6-27(19-36(37,38)39)16-31(20-40)33-17-28(15-23(2)29-11-9-7-8-10-12-29)13-14-30-18-32(21-41-35(30)33)34-25(4)24(3)22-42-26(34)5/h7-9,11-12,16-18,20-21,23,27-28,40H,6,13-15,19,22H2,1-5H3. The first kappa shape index (κ1) is 31.3. The molecule has 3 aliphatic rings. The van der Waals surface area contributed by atoms with E-state index >= 15 is 0 Å². The Morgan fingerprint density at radius 2 is 2.02 bits per heavy atom. The van der Waals surface area contributed by atoms with Gasteiger partial charge in [0.2, 0.25) is 0 Å². The van der Waals surface area contributed by atoms with Gasteiger partial charge in [0.05, 0.1) is 5.69 Å². The highest BCUT2D eigenvalue weighted by molar-refractivity contribution is 6.00. The molecule has 0 aromatic carbocycles. The van der Waals surface area contributed by atoms with Crippen LogP contribution in [0.15, 0.2) is 88.6 Å². The van der Waals surface area contributed by atoms with Gasteiger partial charge in [-0.05, 0) is 110 Å². The number of alkyl halides is 3. The number of hydrogen-bond donors (Lipinski definition) is 1. The van der Waals surface area contributed by atoms with Crippen molar-refractivity contribution < 1.29 is 17.9 Å². The van der Waals surface area contributed by atoms with Crippen LogP contribution in [0.4, 0.5) is 13.2 Å². The second-order valence-corrected chi connectivity index (χ2v) is 11.7. The van der Waals surface area contributed by atoms with Gasteiger partial charge in [0.1, 0.15) is 12.4 Å². The van der Waals surface area contributed by atoms with E-state index in [2.05, 4.69) is 44.7 Å². The van der Waals surface area contributed by atoms with Crippen molar-refractivity contribution in [3.63, 3.8) is 0 Å². The average Bonchev–Trinajstić information content (AvgIpc) is 3.33. The van der Waals surface area contributed by atoms with Gasteiger partial charge in [0.25, 0.3) is 0 Å². The molecule has 1 aliphatic heterocycles. The Morgan fingerprint density at radius 1 is 1.24 bits per heavy atom. The van der Waals surface area contributed by atoms with Crippen LogP contribution < -0.4 is 0 Å². The molecule has 0 amide bonds. The molecular weight excluding hydrogens is 533 g/mol. The fourth-order valence-corrected chi connectivity index (χ4v) is 5.99. The maximum Gasteiger partial charge on any atom is 0.389 e. The summed E-state index contributed by atoms with van der Waals surface area (Å²) in [5.74, 6) is 0.562. The SMILES string of the molecule is CCC(C=C(C=N)C1=CC(CC(C)C2=CC=CC=C=C2)CCc2cc(C3=C(C)OCC(C)=C3C)cnc21)CC(F)(F)F. The molecule has 0 radical (unpaired) electrons. The van der Waals surface area contributed by atoms with Crippen molar-refractivity contribution in [2.45, 2.75) is 72.9 Å². The molecule has 4 rings (SSSR count). The van der Waals surface area contributed by atoms with E-state index in [1.54, 1.807) is 13.0 Å². The minimum absolute atomic E-state index is 0.159. The molecule has 3 unspecified atom stereocenters. The molecule has 0 bridgehead atoms. The fourth-order valence-electron chi connectivity index (χ4n) is 5.99. The molecule has 42 heavy (non-hydrogen) atoms. The highest BCUT2D eigenvalue weighted by atomic mass is 19.4. The number of pyridine rings is 1. The summed E-state index contributed by atoms with van der Waals surface area (Å²) in [7, 11) is 0. The lowest BCUT2D eigenvalue weighted by molar-refractivity contribution is -0.141. The van der Waals surface area contributed by atoms with Crippen LogP contribution in [-0.4, -0.2) is 24.0 Å². The lowest BCUT2D eigenvalue weighted by Gasteiger charge is -2.23. The van der Waals surface area contributed by atoms with Gasteiger partial charge < -0.3 is 10.1 Å². The normalized spacial score (nSPS) is 20.8. The van der Waals surface area contributed by atoms with E-state index in [0.717, 1.165) is 53.0 Å². The Balaban J connectivity index is 1.78. The largest absolute Gasteiger partial charge is 0.493 e. The lowest BCUT2D eigenvalue weighted by Crippen LogP contribution is -2.14. The molecule has 0 saturated carbocycles. The molecule has 1 aromatic rings. The van der Waals surface area contributed by atoms with E-state index in [0.29, 0.717) is 18.6 Å². The van der Waals surface area contributed by atoms with E-state index in [-0.39, 0.29) is 11.8 Å². The predicted molar refractivity (Wildman–Crippen MR) is 166 cm³/mol. The Hall–Kier alpha value is -3.63. The van der Waals surface area contributed by atoms with Crippen molar-refractivity contribution in [1.29, 1.82) is 5.41 Å². The van der Waals surface area contributed by atoms with E-state index < -0.39 is 18.5 Å². The van der Waals surface area contributed by atoms with E-state index in [1.165, 1.54) is 22.9 Å². The van der Waals surface area contributed by atoms with Crippen LogP contribution in [0.5, 0.6) is 0 Å². The number of halogens is 3. The topological polar surface area (TPSA) is 46.0 Å². The Morgan fingerprint density at radius 3 is 2.74 bits per heavy atom. The molecule has 6 heteroatoms. The van der Waals surface area contributed by atoms with Gasteiger partial charge in [0, 0.05) is 35.5 Å². The minimum atomic E-state index is -4.27. The Labute approximate surface area is 248 Å². The number of nitrogens with zero attached hydrogens (tertiary/aromatic N) is 1. The van der Waals surface area contributed by atoms with Crippen LogP contribution in [0.2, 0.25) is 0 Å². The molecule has 3 nitrogen and oxygen atoms in total.